The van der Waals surface area contributed by atoms with Gasteiger partial charge in [-0.3, -0.25) is 9.20 Å². The first-order chi connectivity index (χ1) is 14.0. The fraction of sp³-hybridized carbons (Fsp3) is 0.333. The van der Waals surface area contributed by atoms with Crippen LogP contribution in [0.5, 0.6) is 0 Å². The van der Waals surface area contributed by atoms with Gasteiger partial charge in [0, 0.05) is 37.8 Å². The molecular formula is C21H24N4O4. The number of fused-ring (bicyclic) bond motifs is 1. The number of hydrogen-bond donors (Lipinski definition) is 0. The molecule has 2 aromatic heterocycles. The quantitative estimate of drug-likeness (QED) is 0.431. The molecule has 8 heteroatoms. The maximum Gasteiger partial charge on any atom is 0.350 e. The lowest BCUT2D eigenvalue weighted by Gasteiger charge is -2.18. The number of amides is 1. The Hall–Kier alpha value is -3.42. The molecule has 3 rings (SSSR count). The monoisotopic (exact) mass is 396 g/mol. The molecule has 0 atom stereocenters. The van der Waals surface area contributed by atoms with Crippen LogP contribution in [0, 0.1) is 0 Å². The number of carbonyl (C=O) groups is 2. The molecule has 0 aliphatic carbocycles. The summed E-state index contributed by atoms with van der Waals surface area (Å²) in [5.41, 5.74) is 1.27. The van der Waals surface area contributed by atoms with Gasteiger partial charge >= 0.3 is 11.7 Å². The van der Waals surface area contributed by atoms with Gasteiger partial charge in [-0.2, -0.15) is 0 Å². The van der Waals surface area contributed by atoms with Crippen LogP contribution in [-0.4, -0.2) is 50.7 Å². The van der Waals surface area contributed by atoms with Crippen molar-refractivity contribution in [1.29, 1.82) is 0 Å². The van der Waals surface area contributed by atoms with Crippen molar-refractivity contribution >= 4 is 17.5 Å². The van der Waals surface area contributed by atoms with Crippen LogP contribution in [0.25, 0.3) is 5.65 Å². The van der Waals surface area contributed by atoms with Crippen LogP contribution >= 0.6 is 0 Å². The second-order valence-corrected chi connectivity index (χ2v) is 6.48. The summed E-state index contributed by atoms with van der Waals surface area (Å²) in [4.78, 5) is 38.4. The normalized spacial score (nSPS) is 10.8. The summed E-state index contributed by atoms with van der Waals surface area (Å²) in [5, 5.41) is 4.23. The summed E-state index contributed by atoms with van der Waals surface area (Å²) >= 11 is 0. The molecule has 0 saturated heterocycles. The molecule has 0 aliphatic heterocycles. The largest absolute Gasteiger partial charge is 0.462 e. The zero-order valence-corrected chi connectivity index (χ0v) is 16.6. The molecule has 1 amide bonds. The Kier molecular flexibility index (Phi) is 6.43. The summed E-state index contributed by atoms with van der Waals surface area (Å²) in [6.45, 7) is 5.63. The number of benzene rings is 1. The first kappa shape index (κ1) is 20.3. The molecule has 0 bridgehead atoms. The summed E-state index contributed by atoms with van der Waals surface area (Å²) in [6.07, 6.45) is 2.13. The Labute approximate surface area is 168 Å². The highest BCUT2D eigenvalue weighted by molar-refractivity contribution is 5.96. The zero-order valence-electron chi connectivity index (χ0n) is 16.6. The standard InChI is InChI=1S/C21H24N4O4/c1-3-23(4-2)19(26)16-9-11-17(12-10-16)20(27)29-15-7-14-25-21(28)24-13-6-5-8-18(24)22-25/h5-6,8-13H,3-4,7,14-15H2,1-2H3. The topological polar surface area (TPSA) is 85.9 Å². The Balaban J connectivity index is 1.52. The number of ether oxygens (including phenoxy) is 1. The van der Waals surface area contributed by atoms with Gasteiger partial charge < -0.3 is 9.64 Å². The Bertz CT molecular complexity index is 1050. The second kappa shape index (κ2) is 9.18. The Morgan fingerprint density at radius 2 is 1.72 bits per heavy atom. The molecular weight excluding hydrogens is 372 g/mol. The fourth-order valence-corrected chi connectivity index (χ4v) is 3.02. The Morgan fingerprint density at radius 1 is 1.03 bits per heavy atom. The third-order valence-corrected chi connectivity index (χ3v) is 4.65. The van der Waals surface area contributed by atoms with Crippen molar-refractivity contribution in [2.24, 2.45) is 0 Å². The highest BCUT2D eigenvalue weighted by Crippen LogP contribution is 2.09. The maximum atomic E-state index is 12.3. The molecule has 0 saturated carbocycles. The lowest BCUT2D eigenvalue weighted by Crippen LogP contribution is -2.30. The van der Waals surface area contributed by atoms with Gasteiger partial charge in [0.05, 0.1) is 12.2 Å². The summed E-state index contributed by atoms with van der Waals surface area (Å²) < 4.78 is 8.09. The highest BCUT2D eigenvalue weighted by Gasteiger charge is 2.14. The van der Waals surface area contributed by atoms with Gasteiger partial charge in [0.1, 0.15) is 0 Å². The average molecular weight is 396 g/mol. The predicted octanol–water partition coefficient (Wildman–Crippen LogP) is 2.23. The molecule has 0 radical (unpaired) electrons. The van der Waals surface area contributed by atoms with Crippen LogP contribution in [0.15, 0.2) is 53.5 Å². The number of pyridine rings is 1. The van der Waals surface area contributed by atoms with Gasteiger partial charge in [0.15, 0.2) is 5.65 Å². The van der Waals surface area contributed by atoms with Crippen LogP contribution in [0.4, 0.5) is 0 Å². The molecule has 0 N–H and O–H groups in total. The fourth-order valence-electron chi connectivity index (χ4n) is 3.02. The Morgan fingerprint density at radius 3 is 2.38 bits per heavy atom. The van der Waals surface area contributed by atoms with Crippen molar-refractivity contribution < 1.29 is 14.3 Å². The zero-order chi connectivity index (χ0) is 20.8. The number of aryl methyl sites for hydroxylation is 1. The molecule has 0 unspecified atom stereocenters. The van der Waals surface area contributed by atoms with E-state index in [1.807, 2.05) is 19.9 Å². The molecule has 1 aromatic carbocycles. The minimum absolute atomic E-state index is 0.0622. The van der Waals surface area contributed by atoms with Crippen LogP contribution in [0.2, 0.25) is 0 Å². The maximum absolute atomic E-state index is 12.3. The molecule has 3 aromatic rings. The molecule has 0 spiro atoms. The predicted molar refractivity (Wildman–Crippen MR) is 108 cm³/mol. The van der Waals surface area contributed by atoms with Crippen molar-refractivity contribution in [3.05, 3.63) is 70.3 Å². The van der Waals surface area contributed by atoms with E-state index in [-0.39, 0.29) is 18.2 Å². The van der Waals surface area contributed by atoms with E-state index in [1.165, 1.54) is 9.08 Å². The average Bonchev–Trinajstić information content (AvgIpc) is 3.07. The van der Waals surface area contributed by atoms with E-state index in [9.17, 15) is 14.4 Å². The van der Waals surface area contributed by atoms with Crippen LogP contribution in [-0.2, 0) is 11.3 Å². The minimum Gasteiger partial charge on any atom is -0.462 e. The van der Waals surface area contributed by atoms with Crippen LogP contribution in [0.3, 0.4) is 0 Å². The third-order valence-electron chi connectivity index (χ3n) is 4.65. The SMILES string of the molecule is CCN(CC)C(=O)c1ccc(C(=O)OCCCn2nc3ccccn3c2=O)cc1. The van der Waals surface area contributed by atoms with Gasteiger partial charge in [0.2, 0.25) is 0 Å². The van der Waals surface area contributed by atoms with Gasteiger partial charge in [-0.15, -0.1) is 5.10 Å². The van der Waals surface area contributed by atoms with Crippen molar-refractivity contribution in [3.8, 4) is 0 Å². The lowest BCUT2D eigenvalue weighted by atomic mass is 10.1. The van der Waals surface area contributed by atoms with Crippen molar-refractivity contribution in [2.45, 2.75) is 26.8 Å². The molecule has 152 valence electrons. The number of carbonyl (C=O) groups excluding carboxylic acids is 2. The number of nitrogens with zero attached hydrogens (tertiary/aromatic N) is 4. The summed E-state index contributed by atoms with van der Waals surface area (Å²) in [5.74, 6) is -0.526. The van der Waals surface area contributed by atoms with Crippen LogP contribution in [0.1, 0.15) is 41.0 Å². The lowest BCUT2D eigenvalue weighted by molar-refractivity contribution is 0.0494. The number of esters is 1. The smallest absolute Gasteiger partial charge is 0.350 e. The van der Waals surface area contributed by atoms with Crippen LogP contribution < -0.4 is 5.69 Å². The van der Waals surface area contributed by atoms with E-state index in [0.717, 1.165) is 0 Å². The van der Waals surface area contributed by atoms with E-state index in [1.54, 1.807) is 47.5 Å². The summed E-state index contributed by atoms with van der Waals surface area (Å²) in [6, 6.07) is 11.8. The van der Waals surface area contributed by atoms with Crippen molar-refractivity contribution in [1.82, 2.24) is 19.1 Å². The van der Waals surface area contributed by atoms with E-state index < -0.39 is 5.97 Å². The van der Waals surface area contributed by atoms with Gasteiger partial charge in [0.25, 0.3) is 5.91 Å². The first-order valence-electron chi connectivity index (χ1n) is 9.65. The molecule has 0 fully saturated rings. The van der Waals surface area contributed by atoms with Gasteiger partial charge in [-0.25, -0.2) is 14.3 Å². The highest BCUT2D eigenvalue weighted by atomic mass is 16.5. The van der Waals surface area contributed by atoms with Gasteiger partial charge in [-0.1, -0.05) is 6.07 Å². The van der Waals surface area contributed by atoms with Gasteiger partial charge in [-0.05, 0) is 50.2 Å². The number of hydrogen-bond acceptors (Lipinski definition) is 5. The molecule has 29 heavy (non-hydrogen) atoms. The molecule has 0 aliphatic rings. The van der Waals surface area contributed by atoms with E-state index in [0.29, 0.717) is 42.8 Å². The van der Waals surface area contributed by atoms with E-state index in [4.69, 9.17) is 4.74 Å². The minimum atomic E-state index is -0.464. The molecule has 2 heterocycles. The first-order valence-corrected chi connectivity index (χ1v) is 9.65. The van der Waals surface area contributed by atoms with E-state index >= 15 is 0 Å². The number of rotatable bonds is 8. The van der Waals surface area contributed by atoms with E-state index in [2.05, 4.69) is 5.10 Å². The van der Waals surface area contributed by atoms with Crippen molar-refractivity contribution in [2.75, 3.05) is 19.7 Å². The second-order valence-electron chi connectivity index (χ2n) is 6.48. The summed E-state index contributed by atoms with van der Waals surface area (Å²) in [7, 11) is 0. The van der Waals surface area contributed by atoms with Crippen molar-refractivity contribution in [3.63, 3.8) is 0 Å². The molecule has 8 nitrogen and oxygen atoms in total. The third kappa shape index (κ3) is 4.53. The number of aromatic nitrogens is 3.